The maximum atomic E-state index is 12.9. The third-order valence-electron chi connectivity index (χ3n) is 2.05. The summed E-state index contributed by atoms with van der Waals surface area (Å²) in [5.74, 6) is -0.556. The minimum absolute atomic E-state index is 0.131. The van der Waals surface area contributed by atoms with Gasteiger partial charge in [0.25, 0.3) is 0 Å². The summed E-state index contributed by atoms with van der Waals surface area (Å²) >= 11 is 2.11. The van der Waals surface area contributed by atoms with Crippen LogP contribution in [0.1, 0.15) is 10.4 Å². The van der Waals surface area contributed by atoms with Gasteiger partial charge in [-0.15, -0.1) is 0 Å². The molecule has 0 atom stereocenters. The lowest BCUT2D eigenvalue weighted by molar-refractivity contribution is 0.0967. The molecule has 3 nitrogen and oxygen atoms in total. The molecule has 0 aliphatic rings. The summed E-state index contributed by atoms with van der Waals surface area (Å²) in [4.78, 5) is 11.7. The molecule has 2 aromatic rings. The highest BCUT2D eigenvalue weighted by atomic mass is 127. The van der Waals surface area contributed by atoms with Gasteiger partial charge in [0.15, 0.2) is 5.78 Å². The van der Waals surface area contributed by atoms with Crippen LogP contribution in [0.5, 0.6) is 0 Å². The topological polar surface area (TPSA) is 34.9 Å². The van der Waals surface area contributed by atoms with Crippen LogP contribution in [0.3, 0.4) is 0 Å². The second-order valence-electron chi connectivity index (χ2n) is 3.29. The average Bonchev–Trinajstić information content (AvgIpc) is 2.64. The summed E-state index contributed by atoms with van der Waals surface area (Å²) in [5, 5.41) is 4.00. The first kappa shape index (κ1) is 11.3. The second-order valence-corrected chi connectivity index (χ2v) is 4.54. The van der Waals surface area contributed by atoms with Crippen molar-refractivity contribution in [1.82, 2.24) is 9.78 Å². The second kappa shape index (κ2) is 4.73. The SMILES string of the molecule is O=C(Cn1cc(I)cn1)c1cccc(F)c1. The summed E-state index contributed by atoms with van der Waals surface area (Å²) < 4.78 is 15.4. The number of rotatable bonds is 3. The monoisotopic (exact) mass is 330 g/mol. The third kappa shape index (κ3) is 2.66. The number of aromatic nitrogens is 2. The number of Topliss-reactive ketones (excluding diaryl/α,β-unsaturated/α-hetero) is 1. The van der Waals surface area contributed by atoms with E-state index in [0.29, 0.717) is 5.56 Å². The van der Waals surface area contributed by atoms with Gasteiger partial charge in [-0.25, -0.2) is 4.39 Å². The van der Waals surface area contributed by atoms with E-state index in [-0.39, 0.29) is 12.3 Å². The Hall–Kier alpha value is -1.24. The normalized spacial score (nSPS) is 10.4. The van der Waals surface area contributed by atoms with Crippen molar-refractivity contribution in [2.75, 3.05) is 0 Å². The molecule has 0 aliphatic heterocycles. The molecule has 0 spiro atoms. The summed E-state index contributed by atoms with van der Waals surface area (Å²) in [6.45, 7) is 0.131. The first-order valence-electron chi connectivity index (χ1n) is 4.62. The molecule has 0 N–H and O–H groups in total. The summed E-state index contributed by atoms with van der Waals surface area (Å²) in [5.41, 5.74) is 0.366. The zero-order valence-electron chi connectivity index (χ0n) is 8.23. The van der Waals surface area contributed by atoms with E-state index in [4.69, 9.17) is 0 Å². The molecule has 1 aromatic heterocycles. The number of hydrogen-bond acceptors (Lipinski definition) is 2. The Labute approximate surface area is 105 Å². The number of benzene rings is 1. The van der Waals surface area contributed by atoms with E-state index in [1.54, 1.807) is 18.5 Å². The highest BCUT2D eigenvalue weighted by molar-refractivity contribution is 14.1. The van der Waals surface area contributed by atoms with E-state index < -0.39 is 5.82 Å². The lowest BCUT2D eigenvalue weighted by Crippen LogP contribution is -2.10. The fraction of sp³-hybridized carbons (Fsp3) is 0.0909. The maximum Gasteiger partial charge on any atom is 0.184 e. The van der Waals surface area contributed by atoms with Gasteiger partial charge in [-0.3, -0.25) is 9.48 Å². The average molecular weight is 330 g/mol. The Morgan fingerprint density at radius 3 is 2.94 bits per heavy atom. The Kier molecular flexibility index (Phi) is 3.33. The number of halogens is 2. The first-order chi connectivity index (χ1) is 7.65. The van der Waals surface area contributed by atoms with Crippen LogP contribution in [0.25, 0.3) is 0 Å². The predicted molar refractivity (Wildman–Crippen MR) is 65.7 cm³/mol. The molecular weight excluding hydrogens is 322 g/mol. The van der Waals surface area contributed by atoms with Gasteiger partial charge in [0, 0.05) is 11.8 Å². The summed E-state index contributed by atoms with van der Waals surface area (Å²) in [7, 11) is 0. The molecular formula is C11H8FIN2O. The molecule has 0 bridgehead atoms. The van der Waals surface area contributed by atoms with Crippen molar-refractivity contribution in [2.24, 2.45) is 0 Å². The van der Waals surface area contributed by atoms with E-state index in [9.17, 15) is 9.18 Å². The molecule has 0 unspecified atom stereocenters. The van der Waals surface area contributed by atoms with Crippen LogP contribution in [0, 0.1) is 9.39 Å². The van der Waals surface area contributed by atoms with Crippen LogP contribution in [0.4, 0.5) is 4.39 Å². The van der Waals surface area contributed by atoms with Crippen LogP contribution < -0.4 is 0 Å². The van der Waals surface area contributed by atoms with Crippen LogP contribution in [-0.4, -0.2) is 15.6 Å². The van der Waals surface area contributed by atoms with Gasteiger partial charge in [0.05, 0.1) is 9.77 Å². The number of carbonyl (C=O) groups excluding carboxylic acids is 1. The van der Waals surface area contributed by atoms with Crippen molar-refractivity contribution in [3.63, 3.8) is 0 Å². The number of ketones is 1. The Morgan fingerprint density at radius 1 is 1.50 bits per heavy atom. The highest BCUT2D eigenvalue weighted by Crippen LogP contribution is 2.07. The standard InChI is InChI=1S/C11H8FIN2O/c12-9-3-1-2-8(4-9)11(16)7-15-6-10(13)5-14-15/h1-6H,7H2. The van der Waals surface area contributed by atoms with Crippen LogP contribution in [0.2, 0.25) is 0 Å². The highest BCUT2D eigenvalue weighted by Gasteiger charge is 2.08. The Morgan fingerprint density at radius 2 is 2.31 bits per heavy atom. The Bertz CT molecular complexity index is 524. The molecule has 16 heavy (non-hydrogen) atoms. The molecule has 1 aromatic carbocycles. The van der Waals surface area contributed by atoms with Crippen molar-refractivity contribution in [2.45, 2.75) is 6.54 Å². The van der Waals surface area contributed by atoms with Crippen molar-refractivity contribution in [3.8, 4) is 0 Å². The van der Waals surface area contributed by atoms with E-state index in [1.807, 2.05) is 0 Å². The Balaban J connectivity index is 2.14. The minimum Gasteiger partial charge on any atom is -0.292 e. The number of nitrogens with zero attached hydrogens (tertiary/aromatic N) is 2. The van der Waals surface area contributed by atoms with Crippen molar-refractivity contribution < 1.29 is 9.18 Å². The van der Waals surface area contributed by atoms with E-state index >= 15 is 0 Å². The van der Waals surface area contributed by atoms with Crippen molar-refractivity contribution in [1.29, 1.82) is 0 Å². The molecule has 0 saturated carbocycles. The van der Waals surface area contributed by atoms with Gasteiger partial charge in [-0.2, -0.15) is 5.10 Å². The molecule has 0 saturated heterocycles. The van der Waals surface area contributed by atoms with E-state index in [1.165, 1.54) is 22.9 Å². The summed E-state index contributed by atoms with van der Waals surface area (Å²) in [6.07, 6.45) is 3.43. The smallest absolute Gasteiger partial charge is 0.184 e. The fourth-order valence-electron chi connectivity index (χ4n) is 1.33. The molecule has 2 rings (SSSR count). The molecule has 0 radical (unpaired) electrons. The van der Waals surface area contributed by atoms with Crippen LogP contribution in [0.15, 0.2) is 36.7 Å². The molecule has 0 fully saturated rings. The lowest BCUT2D eigenvalue weighted by Gasteiger charge is -2.01. The molecule has 5 heteroatoms. The van der Waals surface area contributed by atoms with Crippen molar-refractivity contribution in [3.05, 3.63) is 51.6 Å². The van der Waals surface area contributed by atoms with Crippen molar-refractivity contribution >= 4 is 28.4 Å². The number of carbonyl (C=O) groups is 1. The van der Waals surface area contributed by atoms with E-state index in [2.05, 4.69) is 27.7 Å². The first-order valence-corrected chi connectivity index (χ1v) is 5.70. The molecule has 0 aliphatic carbocycles. The van der Waals surface area contributed by atoms with Gasteiger partial charge in [0.1, 0.15) is 12.4 Å². The zero-order chi connectivity index (χ0) is 11.5. The van der Waals surface area contributed by atoms with Crippen LogP contribution >= 0.6 is 22.6 Å². The van der Waals surface area contributed by atoms with Gasteiger partial charge >= 0.3 is 0 Å². The summed E-state index contributed by atoms with van der Waals surface area (Å²) in [6, 6.07) is 5.67. The van der Waals surface area contributed by atoms with Gasteiger partial charge in [-0.1, -0.05) is 12.1 Å². The molecule has 82 valence electrons. The third-order valence-corrected chi connectivity index (χ3v) is 2.61. The minimum atomic E-state index is -0.402. The van der Waals surface area contributed by atoms with E-state index in [0.717, 1.165) is 3.57 Å². The molecule has 0 amide bonds. The lowest BCUT2D eigenvalue weighted by atomic mass is 10.1. The van der Waals surface area contributed by atoms with Gasteiger partial charge in [-0.05, 0) is 34.7 Å². The molecule has 1 heterocycles. The predicted octanol–water partition coefficient (Wildman–Crippen LogP) is 2.51. The van der Waals surface area contributed by atoms with Crippen LogP contribution in [-0.2, 0) is 6.54 Å². The largest absolute Gasteiger partial charge is 0.292 e. The fourth-order valence-corrected chi connectivity index (χ4v) is 1.77. The van der Waals surface area contributed by atoms with Gasteiger partial charge < -0.3 is 0 Å². The maximum absolute atomic E-state index is 12.9. The van der Waals surface area contributed by atoms with Gasteiger partial charge in [0.2, 0.25) is 0 Å². The quantitative estimate of drug-likeness (QED) is 0.640. The zero-order valence-corrected chi connectivity index (χ0v) is 10.4. The number of hydrogen-bond donors (Lipinski definition) is 0.